The molecule has 0 spiro atoms. The summed E-state index contributed by atoms with van der Waals surface area (Å²) in [6.07, 6.45) is 4.82. The summed E-state index contributed by atoms with van der Waals surface area (Å²) in [6.45, 7) is 2.57. The van der Waals surface area contributed by atoms with Crippen LogP contribution >= 0.6 is 11.6 Å². The lowest BCUT2D eigenvalue weighted by atomic mass is 9.93. The first-order chi connectivity index (χ1) is 9.54. The van der Waals surface area contributed by atoms with Gasteiger partial charge in [0.25, 0.3) is 5.91 Å². The van der Waals surface area contributed by atoms with Gasteiger partial charge in [0.05, 0.1) is 5.54 Å². The van der Waals surface area contributed by atoms with Crippen molar-refractivity contribution in [3.8, 4) is 0 Å². The molecule has 1 atom stereocenters. The van der Waals surface area contributed by atoms with Gasteiger partial charge in [-0.05, 0) is 56.7 Å². The second-order valence-electron chi connectivity index (χ2n) is 6.08. The monoisotopic (exact) mass is 293 g/mol. The second-order valence-corrected chi connectivity index (χ2v) is 6.52. The largest absolute Gasteiger partial charge is 0.365 e. The summed E-state index contributed by atoms with van der Waals surface area (Å²) in [7, 11) is 0. The Morgan fingerprint density at radius 3 is 2.70 bits per heavy atom. The number of ether oxygens (including phenoxy) is 1. The van der Waals surface area contributed by atoms with Gasteiger partial charge >= 0.3 is 0 Å². The van der Waals surface area contributed by atoms with Gasteiger partial charge in [-0.2, -0.15) is 0 Å². The highest BCUT2D eigenvalue weighted by molar-refractivity contribution is 6.30. The molecular formula is C16H20ClNO2. The summed E-state index contributed by atoms with van der Waals surface area (Å²) in [5.74, 6) is 0.00896. The van der Waals surface area contributed by atoms with Gasteiger partial charge in [-0.3, -0.25) is 4.79 Å². The molecule has 0 aromatic heterocycles. The van der Waals surface area contributed by atoms with E-state index in [0.717, 1.165) is 37.7 Å². The van der Waals surface area contributed by atoms with Gasteiger partial charge in [-0.1, -0.05) is 23.7 Å². The van der Waals surface area contributed by atoms with Crippen molar-refractivity contribution in [2.24, 2.45) is 0 Å². The van der Waals surface area contributed by atoms with E-state index in [1.54, 1.807) is 0 Å². The van der Waals surface area contributed by atoms with Crippen molar-refractivity contribution >= 4 is 17.5 Å². The van der Waals surface area contributed by atoms with Crippen LogP contribution in [0.25, 0.3) is 0 Å². The van der Waals surface area contributed by atoms with Crippen LogP contribution in [0.2, 0.25) is 5.02 Å². The topological polar surface area (TPSA) is 38.3 Å². The normalized spacial score (nSPS) is 27.9. The van der Waals surface area contributed by atoms with Gasteiger partial charge in [-0.25, -0.2) is 0 Å². The van der Waals surface area contributed by atoms with Crippen molar-refractivity contribution in [2.75, 3.05) is 6.61 Å². The van der Waals surface area contributed by atoms with Crippen LogP contribution < -0.4 is 5.32 Å². The molecule has 1 heterocycles. The molecule has 1 aromatic rings. The van der Waals surface area contributed by atoms with Crippen molar-refractivity contribution in [1.29, 1.82) is 0 Å². The fraction of sp³-hybridized carbons (Fsp3) is 0.562. The van der Waals surface area contributed by atoms with Gasteiger partial charge in [0.2, 0.25) is 0 Å². The number of carbonyl (C=O) groups excluding carboxylic acids is 1. The standard InChI is InChI=1S/C16H20ClNO2/c1-15(7-2-3-10-20-15)14(19)18-16(8-9-16)12-5-4-6-13(17)11-12/h4-6,11H,2-3,7-10H2,1H3,(H,18,19). The molecule has 1 aromatic carbocycles. The number of nitrogens with one attached hydrogen (secondary N) is 1. The minimum Gasteiger partial charge on any atom is -0.365 e. The van der Waals surface area contributed by atoms with Crippen molar-refractivity contribution in [3.63, 3.8) is 0 Å². The number of halogens is 1. The number of carbonyl (C=O) groups is 1. The van der Waals surface area contributed by atoms with Gasteiger partial charge in [0.15, 0.2) is 0 Å². The van der Waals surface area contributed by atoms with Crippen molar-refractivity contribution < 1.29 is 9.53 Å². The lowest BCUT2D eigenvalue weighted by molar-refractivity contribution is -0.151. The molecule has 1 N–H and O–H groups in total. The van der Waals surface area contributed by atoms with Gasteiger partial charge in [0.1, 0.15) is 5.60 Å². The van der Waals surface area contributed by atoms with Crippen LogP contribution in [0.3, 0.4) is 0 Å². The van der Waals surface area contributed by atoms with Crippen LogP contribution in [0.4, 0.5) is 0 Å². The minimum absolute atomic E-state index is 0.00896. The zero-order valence-electron chi connectivity index (χ0n) is 11.7. The molecule has 0 bridgehead atoms. The van der Waals surface area contributed by atoms with Crippen molar-refractivity contribution in [3.05, 3.63) is 34.9 Å². The number of hydrogen-bond acceptors (Lipinski definition) is 2. The van der Waals surface area contributed by atoms with Gasteiger partial charge < -0.3 is 10.1 Å². The summed E-state index contributed by atoms with van der Waals surface area (Å²) in [5.41, 5.74) is 0.191. The van der Waals surface area contributed by atoms with E-state index in [-0.39, 0.29) is 11.4 Å². The molecular weight excluding hydrogens is 274 g/mol. The highest BCUT2D eigenvalue weighted by Gasteiger charge is 2.49. The van der Waals surface area contributed by atoms with Crippen LogP contribution in [-0.4, -0.2) is 18.1 Å². The summed E-state index contributed by atoms with van der Waals surface area (Å²) in [6, 6.07) is 7.76. The molecule has 2 fully saturated rings. The zero-order chi connectivity index (χ0) is 14.2. The molecule has 1 saturated carbocycles. The second kappa shape index (κ2) is 5.05. The van der Waals surface area contributed by atoms with E-state index in [9.17, 15) is 4.79 Å². The Labute approximate surface area is 124 Å². The summed E-state index contributed by atoms with van der Waals surface area (Å²) >= 11 is 6.05. The third-order valence-electron chi connectivity index (χ3n) is 4.43. The summed E-state index contributed by atoms with van der Waals surface area (Å²) in [5, 5.41) is 3.91. The van der Waals surface area contributed by atoms with Crippen LogP contribution in [0.1, 0.15) is 44.6 Å². The van der Waals surface area contributed by atoms with E-state index < -0.39 is 5.60 Å². The fourth-order valence-electron chi connectivity index (χ4n) is 2.86. The molecule has 1 aliphatic carbocycles. The van der Waals surface area contributed by atoms with Gasteiger partial charge in [0, 0.05) is 11.6 Å². The molecule has 3 nitrogen and oxygen atoms in total. The Morgan fingerprint density at radius 2 is 2.10 bits per heavy atom. The molecule has 20 heavy (non-hydrogen) atoms. The molecule has 1 unspecified atom stereocenters. The maximum Gasteiger partial charge on any atom is 0.252 e. The SMILES string of the molecule is CC1(C(=O)NC2(c3cccc(Cl)c3)CC2)CCCCO1. The number of hydrogen-bond donors (Lipinski definition) is 1. The summed E-state index contributed by atoms with van der Waals surface area (Å²) in [4.78, 5) is 12.6. The van der Waals surface area contributed by atoms with E-state index in [4.69, 9.17) is 16.3 Å². The van der Waals surface area contributed by atoms with Crippen LogP contribution in [0.15, 0.2) is 24.3 Å². The molecule has 1 saturated heterocycles. The first-order valence-corrected chi connectivity index (χ1v) is 7.65. The van der Waals surface area contributed by atoms with E-state index in [1.807, 2.05) is 31.2 Å². The molecule has 0 radical (unpaired) electrons. The molecule has 4 heteroatoms. The number of benzene rings is 1. The Bertz CT molecular complexity index is 519. The van der Waals surface area contributed by atoms with E-state index >= 15 is 0 Å². The third-order valence-corrected chi connectivity index (χ3v) is 4.66. The van der Waals surface area contributed by atoms with Crippen molar-refractivity contribution in [2.45, 2.75) is 50.2 Å². The van der Waals surface area contributed by atoms with Crippen LogP contribution in [0.5, 0.6) is 0 Å². The lowest BCUT2D eigenvalue weighted by Gasteiger charge is -2.34. The van der Waals surface area contributed by atoms with E-state index in [0.29, 0.717) is 11.6 Å². The highest BCUT2D eigenvalue weighted by atomic mass is 35.5. The molecule has 108 valence electrons. The maximum absolute atomic E-state index is 12.6. The Kier molecular flexibility index (Phi) is 3.51. The summed E-state index contributed by atoms with van der Waals surface area (Å²) < 4.78 is 5.72. The Morgan fingerprint density at radius 1 is 1.30 bits per heavy atom. The molecule has 1 aliphatic heterocycles. The first-order valence-electron chi connectivity index (χ1n) is 7.27. The number of rotatable bonds is 3. The first kappa shape index (κ1) is 13.9. The maximum atomic E-state index is 12.6. The van der Waals surface area contributed by atoms with Crippen molar-refractivity contribution in [1.82, 2.24) is 5.32 Å². The third kappa shape index (κ3) is 2.57. The predicted octanol–water partition coefficient (Wildman–Crippen LogP) is 3.40. The highest BCUT2D eigenvalue weighted by Crippen LogP contribution is 2.46. The quantitative estimate of drug-likeness (QED) is 0.927. The zero-order valence-corrected chi connectivity index (χ0v) is 12.5. The molecule has 1 amide bonds. The minimum atomic E-state index is -0.674. The fourth-order valence-corrected chi connectivity index (χ4v) is 3.05. The van der Waals surface area contributed by atoms with E-state index in [1.165, 1.54) is 0 Å². The molecule has 2 aliphatic rings. The predicted molar refractivity (Wildman–Crippen MR) is 78.7 cm³/mol. The van der Waals surface area contributed by atoms with Gasteiger partial charge in [-0.15, -0.1) is 0 Å². The Hall–Kier alpha value is -1.06. The van der Waals surface area contributed by atoms with Crippen LogP contribution in [0, 0.1) is 0 Å². The average Bonchev–Trinajstić information content (AvgIpc) is 3.20. The van der Waals surface area contributed by atoms with E-state index in [2.05, 4.69) is 5.32 Å². The smallest absolute Gasteiger partial charge is 0.252 e. The van der Waals surface area contributed by atoms with Crippen LogP contribution in [-0.2, 0) is 15.1 Å². The number of amides is 1. The Balaban J connectivity index is 1.75. The molecule has 3 rings (SSSR count). The lowest BCUT2D eigenvalue weighted by Crippen LogP contribution is -2.51. The average molecular weight is 294 g/mol.